The number of nitrogens with one attached hydrogen (secondary N) is 1. The van der Waals surface area contributed by atoms with Gasteiger partial charge in [-0.3, -0.25) is 9.59 Å². The van der Waals surface area contributed by atoms with Crippen molar-refractivity contribution in [2.24, 2.45) is 5.92 Å². The third-order valence-electron chi connectivity index (χ3n) is 3.75. The number of rotatable bonds is 6. The van der Waals surface area contributed by atoms with Crippen molar-refractivity contribution in [3.05, 3.63) is 22.4 Å². The number of amides is 2. The maximum Gasteiger partial charge on any atom is 0.246 e. The monoisotopic (exact) mass is 308 g/mol. The molecule has 1 fully saturated rings. The first-order valence-corrected chi connectivity index (χ1v) is 8.54. The smallest absolute Gasteiger partial charge is 0.246 e. The predicted molar refractivity (Wildman–Crippen MR) is 85.0 cm³/mol. The summed E-state index contributed by atoms with van der Waals surface area (Å²) in [6, 6.07) is 3.30. The molecule has 2 atom stereocenters. The van der Waals surface area contributed by atoms with Crippen LogP contribution in [0.15, 0.2) is 17.5 Å². The van der Waals surface area contributed by atoms with Crippen molar-refractivity contribution in [3.8, 4) is 0 Å². The van der Waals surface area contributed by atoms with Gasteiger partial charge in [-0.05, 0) is 30.2 Å². The van der Waals surface area contributed by atoms with Crippen molar-refractivity contribution in [1.29, 1.82) is 0 Å². The standard InChI is InChI=1S/C16H24N2O2S/c1-4-6-14-15(19)17-13(9-11(2)3)16(20)18(14)10-12-7-5-8-21-12/h5,7-8,11,13-14H,4,6,9-10H2,1-3H3,(H,17,19). The van der Waals surface area contributed by atoms with Crippen LogP contribution in [0.3, 0.4) is 0 Å². The van der Waals surface area contributed by atoms with E-state index < -0.39 is 0 Å². The molecule has 1 aromatic rings. The van der Waals surface area contributed by atoms with Crippen LogP contribution < -0.4 is 5.32 Å². The van der Waals surface area contributed by atoms with Gasteiger partial charge < -0.3 is 10.2 Å². The second kappa shape index (κ2) is 7.07. The highest BCUT2D eigenvalue weighted by molar-refractivity contribution is 7.09. The van der Waals surface area contributed by atoms with Gasteiger partial charge in [0.05, 0.1) is 6.54 Å². The molecular formula is C16H24N2O2S. The topological polar surface area (TPSA) is 49.4 Å². The number of piperazine rings is 1. The van der Waals surface area contributed by atoms with Gasteiger partial charge in [0.2, 0.25) is 11.8 Å². The summed E-state index contributed by atoms with van der Waals surface area (Å²) in [5, 5.41) is 4.92. The Kier molecular flexibility index (Phi) is 5.39. The molecule has 2 heterocycles. The highest BCUT2D eigenvalue weighted by Gasteiger charge is 2.39. The molecule has 1 saturated heterocycles. The maximum absolute atomic E-state index is 12.7. The number of carbonyl (C=O) groups excluding carboxylic acids is 2. The third kappa shape index (κ3) is 3.84. The molecule has 2 amide bonds. The summed E-state index contributed by atoms with van der Waals surface area (Å²) >= 11 is 1.63. The maximum atomic E-state index is 12.7. The third-order valence-corrected chi connectivity index (χ3v) is 4.61. The molecule has 116 valence electrons. The van der Waals surface area contributed by atoms with Gasteiger partial charge in [-0.15, -0.1) is 11.3 Å². The summed E-state index contributed by atoms with van der Waals surface area (Å²) in [6.07, 6.45) is 2.31. The van der Waals surface area contributed by atoms with Crippen LogP contribution in [0.5, 0.6) is 0 Å². The molecule has 1 aliphatic heterocycles. The van der Waals surface area contributed by atoms with Gasteiger partial charge in [-0.2, -0.15) is 0 Å². The first-order valence-electron chi connectivity index (χ1n) is 7.66. The van der Waals surface area contributed by atoms with Crippen LogP contribution in [0.1, 0.15) is 44.9 Å². The zero-order valence-corrected chi connectivity index (χ0v) is 13.8. The zero-order chi connectivity index (χ0) is 15.4. The molecule has 5 heteroatoms. The number of nitrogens with zero attached hydrogens (tertiary/aromatic N) is 1. The van der Waals surface area contributed by atoms with Crippen LogP contribution in [0.25, 0.3) is 0 Å². The lowest BCUT2D eigenvalue weighted by Crippen LogP contribution is -2.63. The minimum atomic E-state index is -0.370. The van der Waals surface area contributed by atoms with Crippen LogP contribution >= 0.6 is 11.3 Å². The Labute approximate surface area is 130 Å². The molecule has 21 heavy (non-hydrogen) atoms. The van der Waals surface area contributed by atoms with E-state index in [1.807, 2.05) is 24.4 Å². The van der Waals surface area contributed by atoms with E-state index in [1.54, 1.807) is 16.2 Å². The van der Waals surface area contributed by atoms with E-state index in [-0.39, 0.29) is 23.9 Å². The van der Waals surface area contributed by atoms with Crippen molar-refractivity contribution in [2.75, 3.05) is 0 Å². The molecule has 1 N–H and O–H groups in total. The van der Waals surface area contributed by atoms with E-state index >= 15 is 0 Å². The fourth-order valence-corrected chi connectivity index (χ4v) is 3.48. The molecular weight excluding hydrogens is 284 g/mol. The van der Waals surface area contributed by atoms with E-state index in [1.165, 1.54) is 0 Å². The first kappa shape index (κ1) is 16.0. The van der Waals surface area contributed by atoms with E-state index in [0.29, 0.717) is 18.9 Å². The quantitative estimate of drug-likeness (QED) is 0.878. The van der Waals surface area contributed by atoms with Crippen LogP contribution in [0.4, 0.5) is 0 Å². The molecule has 1 aliphatic rings. The van der Waals surface area contributed by atoms with Crippen molar-refractivity contribution in [2.45, 2.75) is 58.7 Å². The van der Waals surface area contributed by atoms with Crippen LogP contribution in [0, 0.1) is 5.92 Å². The average molecular weight is 308 g/mol. The van der Waals surface area contributed by atoms with Gasteiger partial charge in [-0.25, -0.2) is 0 Å². The van der Waals surface area contributed by atoms with Gasteiger partial charge >= 0.3 is 0 Å². The first-order chi connectivity index (χ1) is 10.0. The van der Waals surface area contributed by atoms with E-state index in [0.717, 1.165) is 17.7 Å². The second-order valence-electron chi connectivity index (χ2n) is 6.04. The van der Waals surface area contributed by atoms with Gasteiger partial charge in [0.15, 0.2) is 0 Å². The average Bonchev–Trinajstić information content (AvgIpc) is 2.92. The van der Waals surface area contributed by atoms with Crippen molar-refractivity contribution >= 4 is 23.2 Å². The molecule has 4 nitrogen and oxygen atoms in total. The fraction of sp³-hybridized carbons (Fsp3) is 0.625. The lowest BCUT2D eigenvalue weighted by molar-refractivity contribution is -0.150. The molecule has 0 aromatic carbocycles. The summed E-state index contributed by atoms with van der Waals surface area (Å²) in [4.78, 5) is 28.0. The number of thiophene rings is 1. The number of carbonyl (C=O) groups is 2. The Bertz CT molecular complexity index is 484. The molecule has 0 radical (unpaired) electrons. The van der Waals surface area contributed by atoms with E-state index in [2.05, 4.69) is 19.2 Å². The zero-order valence-electron chi connectivity index (χ0n) is 13.0. The van der Waals surface area contributed by atoms with Gasteiger partial charge in [-0.1, -0.05) is 33.3 Å². The largest absolute Gasteiger partial charge is 0.342 e. The molecule has 0 aliphatic carbocycles. The Morgan fingerprint density at radius 2 is 2.14 bits per heavy atom. The molecule has 0 spiro atoms. The van der Waals surface area contributed by atoms with E-state index in [9.17, 15) is 9.59 Å². The summed E-state index contributed by atoms with van der Waals surface area (Å²) in [6.45, 7) is 6.73. The highest BCUT2D eigenvalue weighted by atomic mass is 32.1. The van der Waals surface area contributed by atoms with E-state index in [4.69, 9.17) is 0 Å². The highest BCUT2D eigenvalue weighted by Crippen LogP contribution is 2.22. The van der Waals surface area contributed by atoms with Gasteiger partial charge in [0, 0.05) is 4.88 Å². The number of hydrogen-bond acceptors (Lipinski definition) is 3. The van der Waals surface area contributed by atoms with Crippen molar-refractivity contribution < 1.29 is 9.59 Å². The summed E-state index contributed by atoms with van der Waals surface area (Å²) < 4.78 is 0. The lowest BCUT2D eigenvalue weighted by atomic mass is 9.97. The number of hydrogen-bond donors (Lipinski definition) is 1. The van der Waals surface area contributed by atoms with Gasteiger partial charge in [0.25, 0.3) is 0 Å². The summed E-state index contributed by atoms with van der Waals surface area (Å²) in [7, 11) is 0. The van der Waals surface area contributed by atoms with Crippen LogP contribution in [0.2, 0.25) is 0 Å². The molecule has 2 rings (SSSR count). The lowest BCUT2D eigenvalue weighted by Gasteiger charge is -2.39. The van der Waals surface area contributed by atoms with Crippen molar-refractivity contribution in [1.82, 2.24) is 10.2 Å². The molecule has 1 aromatic heterocycles. The molecule has 0 bridgehead atoms. The Morgan fingerprint density at radius 3 is 2.71 bits per heavy atom. The Balaban J connectivity index is 2.19. The SMILES string of the molecule is CCCC1C(=O)NC(CC(C)C)C(=O)N1Cc1cccs1. The Hall–Kier alpha value is -1.36. The minimum Gasteiger partial charge on any atom is -0.342 e. The molecule has 0 saturated carbocycles. The van der Waals surface area contributed by atoms with Crippen molar-refractivity contribution in [3.63, 3.8) is 0 Å². The normalized spacial score (nSPS) is 22.8. The summed E-state index contributed by atoms with van der Waals surface area (Å²) in [5.41, 5.74) is 0. The Morgan fingerprint density at radius 1 is 1.38 bits per heavy atom. The van der Waals surface area contributed by atoms with Gasteiger partial charge in [0.1, 0.15) is 12.1 Å². The predicted octanol–water partition coefficient (Wildman–Crippen LogP) is 2.79. The minimum absolute atomic E-state index is 0.00124. The van der Waals surface area contributed by atoms with Crippen LogP contribution in [-0.2, 0) is 16.1 Å². The van der Waals surface area contributed by atoms with Crippen LogP contribution in [-0.4, -0.2) is 28.8 Å². The summed E-state index contributed by atoms with van der Waals surface area (Å²) in [5.74, 6) is 0.444. The second-order valence-corrected chi connectivity index (χ2v) is 7.07. The fourth-order valence-electron chi connectivity index (χ4n) is 2.78. The molecule has 2 unspecified atom stereocenters.